The molecule has 0 aliphatic rings. The highest BCUT2D eigenvalue weighted by molar-refractivity contribution is 5.37. The smallest absolute Gasteiger partial charge is 0.160 e. The summed E-state index contributed by atoms with van der Waals surface area (Å²) in [6.45, 7) is 2.93. The van der Waals surface area contributed by atoms with Crippen LogP contribution in [0.5, 0.6) is 0 Å². The first kappa shape index (κ1) is 11.9. The van der Waals surface area contributed by atoms with Crippen LogP contribution in [0.15, 0.2) is 42.9 Å². The van der Waals surface area contributed by atoms with Gasteiger partial charge in [0.25, 0.3) is 0 Å². The molecule has 3 heterocycles. The first-order chi connectivity index (χ1) is 9.24. The zero-order valence-electron chi connectivity index (χ0n) is 11.1. The maximum atomic E-state index is 4.26. The van der Waals surface area contributed by atoms with Gasteiger partial charge in [-0.25, -0.2) is 0 Å². The number of nitrogens with one attached hydrogen (secondary N) is 1. The van der Waals surface area contributed by atoms with E-state index >= 15 is 0 Å². The number of hydrogen-bond acceptors (Lipinski definition) is 3. The Bertz CT molecular complexity index is 682. The lowest BCUT2D eigenvalue weighted by atomic mass is 10.2. The zero-order chi connectivity index (χ0) is 13.2. The van der Waals surface area contributed by atoms with Gasteiger partial charge in [-0.05, 0) is 30.7 Å². The van der Waals surface area contributed by atoms with Gasteiger partial charge >= 0.3 is 0 Å². The van der Waals surface area contributed by atoms with Crippen molar-refractivity contribution in [3.63, 3.8) is 0 Å². The molecule has 0 bridgehead atoms. The number of aryl methyl sites for hydroxylation is 1. The zero-order valence-corrected chi connectivity index (χ0v) is 11.1. The summed E-state index contributed by atoms with van der Waals surface area (Å²) in [6, 6.07) is 8.18. The van der Waals surface area contributed by atoms with Gasteiger partial charge in [0.1, 0.15) is 0 Å². The van der Waals surface area contributed by atoms with Crippen LogP contribution in [0.2, 0.25) is 0 Å². The summed E-state index contributed by atoms with van der Waals surface area (Å²) in [4.78, 5) is 0. The van der Waals surface area contributed by atoms with Crippen molar-refractivity contribution in [1.29, 1.82) is 0 Å². The molecule has 19 heavy (non-hydrogen) atoms. The normalized spacial score (nSPS) is 12.9. The summed E-state index contributed by atoms with van der Waals surface area (Å²) < 4.78 is 4.07. The van der Waals surface area contributed by atoms with Gasteiger partial charge in [0.15, 0.2) is 11.5 Å². The van der Waals surface area contributed by atoms with Crippen molar-refractivity contribution in [2.24, 2.45) is 7.05 Å². The minimum atomic E-state index is 0.151. The van der Waals surface area contributed by atoms with Crippen LogP contribution in [0.4, 0.5) is 0 Å². The molecule has 3 aromatic heterocycles. The molecule has 3 rings (SSSR count). The summed E-state index contributed by atoms with van der Waals surface area (Å²) >= 11 is 0. The number of rotatable bonds is 4. The molecule has 0 amide bonds. The van der Waals surface area contributed by atoms with Crippen molar-refractivity contribution < 1.29 is 0 Å². The molecular formula is C14H17N5. The first-order valence-electron chi connectivity index (χ1n) is 6.38. The number of hydrogen-bond donors (Lipinski definition) is 1. The van der Waals surface area contributed by atoms with Gasteiger partial charge in [0.2, 0.25) is 0 Å². The molecule has 0 saturated carbocycles. The van der Waals surface area contributed by atoms with Gasteiger partial charge in [0.05, 0.1) is 6.04 Å². The first-order valence-corrected chi connectivity index (χ1v) is 6.38. The maximum absolute atomic E-state index is 4.26. The van der Waals surface area contributed by atoms with Crippen molar-refractivity contribution in [2.45, 2.75) is 19.5 Å². The van der Waals surface area contributed by atoms with E-state index in [2.05, 4.69) is 34.7 Å². The van der Waals surface area contributed by atoms with E-state index in [0.717, 1.165) is 18.0 Å². The molecule has 0 spiro atoms. The van der Waals surface area contributed by atoms with Crippen molar-refractivity contribution in [2.75, 3.05) is 0 Å². The van der Waals surface area contributed by atoms with E-state index in [1.54, 1.807) is 0 Å². The topological polar surface area (TPSA) is 47.2 Å². The third kappa shape index (κ3) is 2.37. The van der Waals surface area contributed by atoms with Gasteiger partial charge in [-0.1, -0.05) is 6.07 Å². The van der Waals surface area contributed by atoms with E-state index in [9.17, 15) is 0 Å². The standard InChI is InChI=1S/C14H17N5/c1-11(15-9-12-6-8-18(2)10-12)14-17-16-13-5-3-4-7-19(13)14/h3-8,10-11,15H,9H2,1-2H3. The predicted molar refractivity (Wildman–Crippen MR) is 73.7 cm³/mol. The molecule has 0 radical (unpaired) electrons. The molecule has 0 saturated heterocycles. The second kappa shape index (κ2) is 4.85. The Morgan fingerprint density at radius 2 is 2.11 bits per heavy atom. The Morgan fingerprint density at radius 3 is 2.89 bits per heavy atom. The summed E-state index contributed by atoms with van der Waals surface area (Å²) in [6.07, 6.45) is 6.15. The Labute approximate surface area is 111 Å². The molecular weight excluding hydrogens is 238 g/mol. The Hall–Kier alpha value is -2.14. The van der Waals surface area contributed by atoms with Gasteiger partial charge in [0, 0.05) is 32.2 Å². The molecule has 98 valence electrons. The third-order valence-electron chi connectivity index (χ3n) is 3.23. The molecule has 5 heteroatoms. The maximum Gasteiger partial charge on any atom is 0.160 e. The highest BCUT2D eigenvalue weighted by atomic mass is 15.3. The lowest BCUT2D eigenvalue weighted by molar-refractivity contribution is 0.541. The predicted octanol–water partition coefficient (Wildman–Crippen LogP) is 1.92. The van der Waals surface area contributed by atoms with E-state index in [1.807, 2.05) is 46.6 Å². The quantitative estimate of drug-likeness (QED) is 0.774. The third-order valence-corrected chi connectivity index (χ3v) is 3.23. The lowest BCUT2D eigenvalue weighted by Gasteiger charge is -2.11. The summed E-state index contributed by atoms with van der Waals surface area (Å²) in [7, 11) is 2.03. The Balaban J connectivity index is 1.75. The van der Waals surface area contributed by atoms with Crippen LogP contribution in [0.1, 0.15) is 24.4 Å². The van der Waals surface area contributed by atoms with Crippen LogP contribution in [-0.4, -0.2) is 19.2 Å². The molecule has 0 aliphatic carbocycles. The van der Waals surface area contributed by atoms with Crippen LogP contribution in [0, 0.1) is 0 Å². The van der Waals surface area contributed by atoms with Crippen LogP contribution in [0.3, 0.4) is 0 Å². The highest BCUT2D eigenvalue weighted by Gasteiger charge is 2.12. The Kier molecular flexibility index (Phi) is 3.05. The Morgan fingerprint density at radius 1 is 1.21 bits per heavy atom. The monoisotopic (exact) mass is 255 g/mol. The van der Waals surface area contributed by atoms with E-state index < -0.39 is 0 Å². The van der Waals surface area contributed by atoms with Crippen LogP contribution in [-0.2, 0) is 13.6 Å². The van der Waals surface area contributed by atoms with Crippen molar-refractivity contribution >= 4 is 5.65 Å². The number of fused-ring (bicyclic) bond motifs is 1. The largest absolute Gasteiger partial charge is 0.357 e. The highest BCUT2D eigenvalue weighted by Crippen LogP contribution is 2.12. The SMILES string of the molecule is CC(NCc1ccn(C)c1)c1nnc2ccccn12. The lowest BCUT2D eigenvalue weighted by Crippen LogP contribution is -2.20. The van der Waals surface area contributed by atoms with E-state index in [4.69, 9.17) is 0 Å². The minimum absolute atomic E-state index is 0.151. The van der Waals surface area contributed by atoms with E-state index in [1.165, 1.54) is 5.56 Å². The molecule has 1 unspecified atom stereocenters. The van der Waals surface area contributed by atoms with Crippen molar-refractivity contribution in [3.05, 3.63) is 54.2 Å². The fourth-order valence-corrected chi connectivity index (χ4v) is 2.18. The van der Waals surface area contributed by atoms with Crippen molar-refractivity contribution in [1.82, 2.24) is 24.5 Å². The average molecular weight is 255 g/mol. The second-order valence-corrected chi connectivity index (χ2v) is 4.77. The van der Waals surface area contributed by atoms with Gasteiger partial charge in [-0.15, -0.1) is 10.2 Å². The van der Waals surface area contributed by atoms with Crippen LogP contribution in [0.25, 0.3) is 5.65 Å². The average Bonchev–Trinajstić information content (AvgIpc) is 3.02. The van der Waals surface area contributed by atoms with Crippen molar-refractivity contribution in [3.8, 4) is 0 Å². The molecule has 0 aromatic carbocycles. The summed E-state index contributed by atoms with van der Waals surface area (Å²) in [5.74, 6) is 0.937. The van der Waals surface area contributed by atoms with E-state index in [-0.39, 0.29) is 6.04 Å². The van der Waals surface area contributed by atoms with Crippen LogP contribution >= 0.6 is 0 Å². The van der Waals surface area contributed by atoms with Gasteiger partial charge in [-0.3, -0.25) is 4.40 Å². The molecule has 5 nitrogen and oxygen atoms in total. The minimum Gasteiger partial charge on any atom is -0.357 e. The molecule has 1 atom stereocenters. The van der Waals surface area contributed by atoms with Crippen LogP contribution < -0.4 is 5.32 Å². The summed E-state index contributed by atoms with van der Waals surface area (Å²) in [5, 5.41) is 11.9. The van der Waals surface area contributed by atoms with E-state index in [0.29, 0.717) is 0 Å². The number of nitrogens with zero attached hydrogens (tertiary/aromatic N) is 4. The molecule has 1 N–H and O–H groups in total. The van der Waals surface area contributed by atoms with Gasteiger partial charge in [-0.2, -0.15) is 0 Å². The summed E-state index contributed by atoms with van der Waals surface area (Å²) in [5.41, 5.74) is 2.15. The number of pyridine rings is 1. The fraction of sp³-hybridized carbons (Fsp3) is 0.286. The van der Waals surface area contributed by atoms with Gasteiger partial charge < -0.3 is 9.88 Å². The second-order valence-electron chi connectivity index (χ2n) is 4.77. The molecule has 3 aromatic rings. The number of aromatic nitrogens is 4. The molecule has 0 aliphatic heterocycles. The molecule has 0 fully saturated rings. The fourth-order valence-electron chi connectivity index (χ4n) is 2.18.